The highest BCUT2D eigenvalue weighted by Gasteiger charge is 2.37. The first kappa shape index (κ1) is 29.9. The van der Waals surface area contributed by atoms with Crippen LogP contribution in [0.4, 0.5) is 0 Å². The molecule has 234 valence electrons. The Morgan fingerprint density at radius 2 is 0.638 bits per heavy atom. The van der Waals surface area contributed by atoms with Crippen molar-refractivity contribution in [3.8, 4) is 0 Å². The Labute approximate surface area is 277 Å². The van der Waals surface area contributed by atoms with E-state index < -0.39 is 29.7 Å². The van der Waals surface area contributed by atoms with E-state index in [1.165, 1.54) is 9.79 Å². The van der Waals surface area contributed by atoms with Crippen molar-refractivity contribution in [2.45, 2.75) is 41.2 Å². The molecule has 0 fully saturated rings. The normalized spacial score (nSPS) is 16.7. The Balaban J connectivity index is 1.15. The first-order chi connectivity index (χ1) is 22.6. The van der Waals surface area contributed by atoms with Gasteiger partial charge in [0.25, 0.3) is 0 Å². The van der Waals surface area contributed by atoms with Gasteiger partial charge in [-0.1, -0.05) is 97.1 Å². The number of rotatable bonds is 4. The van der Waals surface area contributed by atoms with E-state index in [1.54, 1.807) is 48.5 Å². The van der Waals surface area contributed by atoms with Crippen LogP contribution in [0, 0.1) is 0 Å². The molecule has 7 heteroatoms. The van der Waals surface area contributed by atoms with E-state index in [9.17, 15) is 16.8 Å². The number of benzene rings is 6. The minimum Gasteiger partial charge on any atom is -0.218 e. The Morgan fingerprint density at radius 1 is 0.383 bits per heavy atom. The molecule has 0 saturated heterocycles. The van der Waals surface area contributed by atoms with Gasteiger partial charge in [-0.15, -0.1) is 0 Å². The van der Waals surface area contributed by atoms with Gasteiger partial charge in [0.15, 0.2) is 0 Å². The molecule has 0 aromatic heterocycles. The number of sulfone groups is 2. The van der Waals surface area contributed by atoms with Gasteiger partial charge >= 0.3 is 0 Å². The number of hydrogen-bond acceptors (Lipinski definition) is 4. The van der Waals surface area contributed by atoms with Crippen molar-refractivity contribution in [3.63, 3.8) is 0 Å². The zero-order valence-corrected chi connectivity index (χ0v) is 28.3. The molecular formula is C40H32O4S3. The maximum absolute atomic E-state index is 13.5. The lowest BCUT2D eigenvalue weighted by Crippen LogP contribution is -2.19. The van der Waals surface area contributed by atoms with Gasteiger partial charge in [0.2, 0.25) is 19.7 Å². The van der Waals surface area contributed by atoms with Crippen LogP contribution in [0.15, 0.2) is 175 Å². The smallest absolute Gasteiger partial charge is 0.207 e. The zero-order chi connectivity index (χ0) is 32.6. The predicted molar refractivity (Wildman–Crippen MR) is 187 cm³/mol. The summed E-state index contributed by atoms with van der Waals surface area (Å²) in [4.78, 5) is 3.94. The topological polar surface area (TPSA) is 68.3 Å². The summed E-state index contributed by atoms with van der Waals surface area (Å²) in [6.45, 7) is 0. The highest BCUT2D eigenvalue weighted by Crippen LogP contribution is 2.57. The third kappa shape index (κ3) is 4.55. The van der Waals surface area contributed by atoms with Crippen LogP contribution < -0.4 is 0 Å². The first-order valence-electron chi connectivity index (χ1n) is 15.4. The molecule has 0 unspecified atom stereocenters. The van der Waals surface area contributed by atoms with Crippen LogP contribution in [0.2, 0.25) is 0 Å². The van der Waals surface area contributed by atoms with Crippen LogP contribution in [-0.2, 0) is 19.7 Å². The van der Waals surface area contributed by atoms with Crippen LogP contribution in [-0.4, -0.2) is 29.3 Å². The predicted octanol–water partition coefficient (Wildman–Crippen LogP) is 8.82. The Morgan fingerprint density at radius 3 is 0.915 bits per heavy atom. The van der Waals surface area contributed by atoms with Crippen LogP contribution in [0.25, 0.3) is 0 Å². The SMILES string of the molecule is CS(C)(c1ccc(C2c3ccccc3S(=O)(=O)c3ccccc32)cc1)c1ccc(C2c3ccccc3S(=O)(=O)c3ccccc32)cc1. The summed E-state index contributed by atoms with van der Waals surface area (Å²) in [6, 6.07) is 46.6. The second kappa shape index (κ2) is 10.8. The Bertz CT molecular complexity index is 2130. The van der Waals surface area contributed by atoms with E-state index in [-0.39, 0.29) is 11.8 Å². The lowest BCUT2D eigenvalue weighted by atomic mass is 9.85. The molecule has 0 radical (unpaired) electrons. The molecule has 47 heavy (non-hydrogen) atoms. The van der Waals surface area contributed by atoms with E-state index >= 15 is 0 Å². The fourth-order valence-corrected chi connectivity index (χ4v) is 12.7. The van der Waals surface area contributed by atoms with Crippen molar-refractivity contribution in [1.82, 2.24) is 0 Å². The summed E-state index contributed by atoms with van der Waals surface area (Å²) >= 11 is 0. The number of hydrogen-bond donors (Lipinski definition) is 0. The van der Waals surface area contributed by atoms with Crippen molar-refractivity contribution >= 4 is 29.7 Å². The minimum absolute atomic E-state index is 0.178. The summed E-state index contributed by atoms with van der Waals surface area (Å²) in [5.74, 6) is -0.357. The summed E-state index contributed by atoms with van der Waals surface area (Å²) in [5, 5.41) is 0. The fourth-order valence-electron chi connectivity index (χ4n) is 7.28. The molecule has 8 rings (SSSR count). The molecule has 0 bridgehead atoms. The van der Waals surface area contributed by atoms with E-state index in [2.05, 4.69) is 61.0 Å². The molecule has 0 amide bonds. The number of fused-ring (bicyclic) bond motifs is 4. The summed E-state index contributed by atoms with van der Waals surface area (Å²) in [7, 11) is -8.58. The highest BCUT2D eigenvalue weighted by atomic mass is 32.3. The van der Waals surface area contributed by atoms with Gasteiger partial charge in [-0.2, -0.15) is 10.0 Å². The van der Waals surface area contributed by atoms with Crippen LogP contribution in [0.5, 0.6) is 0 Å². The molecule has 0 aliphatic carbocycles. The van der Waals surface area contributed by atoms with E-state index in [4.69, 9.17) is 0 Å². The molecule has 2 heterocycles. The zero-order valence-electron chi connectivity index (χ0n) is 25.9. The van der Waals surface area contributed by atoms with E-state index in [0.717, 1.165) is 33.4 Å². The summed E-state index contributed by atoms with van der Waals surface area (Å²) in [5.41, 5.74) is 5.33. The fraction of sp³-hybridized carbons (Fsp3) is 0.100. The maximum Gasteiger partial charge on any atom is 0.207 e. The van der Waals surface area contributed by atoms with Crippen molar-refractivity contribution in [3.05, 3.63) is 179 Å². The molecule has 6 aromatic rings. The van der Waals surface area contributed by atoms with Crippen molar-refractivity contribution in [1.29, 1.82) is 0 Å². The standard InChI is InChI=1S/C40H32O4S3/c1-45(2,29-23-19-27(20-24-29)39-31-11-3-7-15-35(31)46(41,42)36-16-8-4-12-32(36)39)30-25-21-28(22-26-30)40-33-13-5-9-17-37(33)47(43,44)38-18-10-6-14-34(38)40/h3-26,39-40H,1-2H3. The van der Waals surface area contributed by atoms with Crippen LogP contribution >= 0.6 is 10.0 Å². The molecule has 0 N–H and O–H groups in total. The van der Waals surface area contributed by atoms with Gasteiger partial charge < -0.3 is 0 Å². The van der Waals surface area contributed by atoms with E-state index in [0.29, 0.717) is 19.6 Å². The Hall–Kier alpha value is -4.43. The maximum atomic E-state index is 13.5. The minimum atomic E-state index is -3.59. The van der Waals surface area contributed by atoms with E-state index in [1.807, 2.05) is 48.5 Å². The van der Waals surface area contributed by atoms with Gasteiger partial charge in [0.05, 0.1) is 19.6 Å². The van der Waals surface area contributed by atoms with Crippen LogP contribution in [0.1, 0.15) is 45.2 Å². The molecule has 2 aliphatic heterocycles. The largest absolute Gasteiger partial charge is 0.218 e. The molecule has 0 spiro atoms. The molecule has 6 aromatic carbocycles. The van der Waals surface area contributed by atoms with Gasteiger partial charge in [0, 0.05) is 11.8 Å². The monoisotopic (exact) mass is 672 g/mol. The summed E-state index contributed by atoms with van der Waals surface area (Å²) in [6.07, 6.45) is 4.57. The lowest BCUT2D eigenvalue weighted by Gasteiger charge is -2.34. The average molecular weight is 673 g/mol. The summed E-state index contributed by atoms with van der Waals surface area (Å²) < 4.78 is 53.9. The average Bonchev–Trinajstić information content (AvgIpc) is 3.09. The Kier molecular flexibility index (Phi) is 6.88. The highest BCUT2D eigenvalue weighted by molar-refractivity contribution is 8.32. The third-order valence-corrected chi connectivity index (χ3v) is 16.4. The first-order valence-corrected chi connectivity index (χ1v) is 20.8. The van der Waals surface area contributed by atoms with Crippen LogP contribution in [0.3, 0.4) is 0 Å². The lowest BCUT2D eigenvalue weighted by molar-refractivity contribution is 0.587. The van der Waals surface area contributed by atoms with Gasteiger partial charge in [-0.05, 0) is 104 Å². The second-order valence-corrected chi connectivity index (χ2v) is 19.9. The molecule has 2 aliphatic rings. The van der Waals surface area contributed by atoms with Gasteiger partial charge in [0.1, 0.15) is 0 Å². The van der Waals surface area contributed by atoms with Crippen molar-refractivity contribution < 1.29 is 16.8 Å². The molecular weight excluding hydrogens is 641 g/mol. The van der Waals surface area contributed by atoms with Crippen molar-refractivity contribution in [2.24, 2.45) is 0 Å². The quantitative estimate of drug-likeness (QED) is 0.187. The molecule has 0 atom stereocenters. The third-order valence-electron chi connectivity index (χ3n) is 9.68. The van der Waals surface area contributed by atoms with Crippen molar-refractivity contribution in [2.75, 3.05) is 12.5 Å². The molecule has 4 nitrogen and oxygen atoms in total. The molecule has 0 saturated carbocycles. The second-order valence-electron chi connectivity index (χ2n) is 12.5. The van der Waals surface area contributed by atoms with Gasteiger partial charge in [-0.3, -0.25) is 0 Å². The van der Waals surface area contributed by atoms with Gasteiger partial charge in [-0.25, -0.2) is 16.8 Å².